The van der Waals surface area contributed by atoms with E-state index in [1.165, 1.54) is 19.2 Å². The number of methoxy groups -OCH3 is 1. The van der Waals surface area contributed by atoms with Gasteiger partial charge in [-0.2, -0.15) is 5.10 Å². The third-order valence-corrected chi connectivity index (χ3v) is 5.07. The maximum absolute atomic E-state index is 5.32. The van der Waals surface area contributed by atoms with Crippen molar-refractivity contribution < 1.29 is 4.74 Å². The van der Waals surface area contributed by atoms with E-state index in [1.807, 2.05) is 28.6 Å². The summed E-state index contributed by atoms with van der Waals surface area (Å²) in [6, 6.07) is 3.54. The number of rotatable bonds is 6. The van der Waals surface area contributed by atoms with E-state index >= 15 is 0 Å². The van der Waals surface area contributed by atoms with E-state index in [0.717, 1.165) is 34.9 Å². The number of nitrogens with zero attached hydrogens (tertiary/aromatic N) is 8. The second-order valence-corrected chi connectivity index (χ2v) is 7.12. The molecule has 0 radical (unpaired) electrons. The Morgan fingerprint density at radius 3 is 3.00 bits per heavy atom. The summed E-state index contributed by atoms with van der Waals surface area (Å²) in [7, 11) is 1.63. The zero-order valence-corrected chi connectivity index (χ0v) is 15.7. The van der Waals surface area contributed by atoms with Gasteiger partial charge in [0.25, 0.3) is 0 Å². The zero-order valence-electron chi connectivity index (χ0n) is 15.7. The Kier molecular flexibility index (Phi) is 4.00. The summed E-state index contributed by atoms with van der Waals surface area (Å²) < 4.78 is 9.11. The van der Waals surface area contributed by atoms with E-state index in [9.17, 15) is 0 Å². The van der Waals surface area contributed by atoms with E-state index < -0.39 is 0 Å². The average Bonchev–Trinajstić information content (AvgIpc) is 3.28. The van der Waals surface area contributed by atoms with Crippen LogP contribution in [0.4, 0.5) is 0 Å². The summed E-state index contributed by atoms with van der Waals surface area (Å²) >= 11 is 0. The summed E-state index contributed by atoms with van der Waals surface area (Å²) in [5.41, 5.74) is 3.02. The number of hydrogen-bond acceptors (Lipinski definition) is 7. The Morgan fingerprint density at radius 1 is 1.29 bits per heavy atom. The monoisotopic (exact) mass is 376 g/mol. The van der Waals surface area contributed by atoms with E-state index in [4.69, 9.17) is 9.84 Å². The largest absolute Gasteiger partial charge is 0.497 e. The Labute approximate surface area is 161 Å². The van der Waals surface area contributed by atoms with Crippen molar-refractivity contribution in [1.82, 2.24) is 39.7 Å². The maximum Gasteiger partial charge on any atom is 0.162 e. The van der Waals surface area contributed by atoms with Crippen LogP contribution in [0.3, 0.4) is 0 Å². The Balaban J connectivity index is 1.56. The number of ether oxygens (including phenoxy) is 1. The van der Waals surface area contributed by atoms with Crippen LogP contribution in [0.2, 0.25) is 0 Å². The van der Waals surface area contributed by atoms with Crippen molar-refractivity contribution in [3.8, 4) is 17.1 Å². The first kappa shape index (κ1) is 16.8. The second kappa shape index (κ2) is 6.66. The lowest BCUT2D eigenvalue weighted by atomic mass is 10.2. The van der Waals surface area contributed by atoms with E-state index in [0.29, 0.717) is 11.4 Å². The Morgan fingerprint density at radius 2 is 2.18 bits per heavy atom. The smallest absolute Gasteiger partial charge is 0.162 e. The molecule has 5 rings (SSSR count). The number of fused-ring (bicyclic) bond motifs is 1. The van der Waals surface area contributed by atoms with Gasteiger partial charge in [0.1, 0.15) is 23.5 Å². The molecule has 1 fully saturated rings. The first-order valence-electron chi connectivity index (χ1n) is 9.31. The molecule has 1 atom stereocenters. The lowest BCUT2D eigenvalue weighted by Gasteiger charge is -2.09. The van der Waals surface area contributed by atoms with Gasteiger partial charge in [-0.3, -0.25) is 9.67 Å². The van der Waals surface area contributed by atoms with Gasteiger partial charge >= 0.3 is 0 Å². The highest BCUT2D eigenvalue weighted by molar-refractivity contribution is 5.89. The van der Waals surface area contributed by atoms with Crippen molar-refractivity contribution in [2.75, 3.05) is 7.11 Å². The minimum absolute atomic E-state index is 0.121. The van der Waals surface area contributed by atoms with Gasteiger partial charge < -0.3 is 4.74 Å². The molecule has 28 heavy (non-hydrogen) atoms. The minimum Gasteiger partial charge on any atom is -0.497 e. The summed E-state index contributed by atoms with van der Waals surface area (Å²) in [4.78, 5) is 13.1. The highest BCUT2D eigenvalue weighted by Gasteiger charge is 2.24. The summed E-state index contributed by atoms with van der Waals surface area (Å²) in [6.45, 7) is 2.98. The quantitative estimate of drug-likeness (QED) is 0.510. The van der Waals surface area contributed by atoms with Crippen LogP contribution in [-0.2, 0) is 6.54 Å². The van der Waals surface area contributed by atoms with Crippen molar-refractivity contribution in [2.24, 2.45) is 5.92 Å². The topological polar surface area (TPSA) is 96.4 Å². The van der Waals surface area contributed by atoms with Crippen molar-refractivity contribution >= 4 is 11.0 Å². The minimum atomic E-state index is -0.121. The summed E-state index contributed by atoms with van der Waals surface area (Å²) in [6.07, 6.45) is 9.56. The predicted octanol–water partition coefficient (Wildman–Crippen LogP) is 2.51. The third-order valence-electron chi connectivity index (χ3n) is 5.07. The summed E-state index contributed by atoms with van der Waals surface area (Å²) in [5.74, 6) is 1.47. The molecule has 1 saturated carbocycles. The zero-order chi connectivity index (χ0) is 19.1. The molecule has 0 amide bonds. The van der Waals surface area contributed by atoms with Crippen LogP contribution in [0.25, 0.3) is 22.4 Å². The fourth-order valence-electron chi connectivity index (χ4n) is 3.29. The SMILES string of the molecule is COc1ccnc(-c2nn(C(C)c3cn(CC4CC4)nn3)c3ncncc23)c1. The third kappa shape index (κ3) is 2.98. The van der Waals surface area contributed by atoms with Crippen molar-refractivity contribution in [2.45, 2.75) is 32.4 Å². The Bertz CT molecular complexity index is 1130. The molecule has 0 aliphatic heterocycles. The molecule has 1 unspecified atom stereocenters. The lowest BCUT2D eigenvalue weighted by Crippen LogP contribution is -2.10. The van der Waals surface area contributed by atoms with Crippen molar-refractivity contribution in [1.29, 1.82) is 0 Å². The van der Waals surface area contributed by atoms with E-state index in [1.54, 1.807) is 25.6 Å². The Hall–Kier alpha value is -3.36. The second-order valence-electron chi connectivity index (χ2n) is 7.12. The predicted molar refractivity (Wildman–Crippen MR) is 102 cm³/mol. The molecular weight excluding hydrogens is 356 g/mol. The van der Waals surface area contributed by atoms with Crippen LogP contribution < -0.4 is 4.74 Å². The highest BCUT2D eigenvalue weighted by atomic mass is 16.5. The molecule has 0 aromatic carbocycles. The van der Waals surface area contributed by atoms with Gasteiger partial charge in [0.2, 0.25) is 0 Å². The van der Waals surface area contributed by atoms with Crippen LogP contribution in [0, 0.1) is 5.92 Å². The molecule has 4 aromatic rings. The van der Waals surface area contributed by atoms with Crippen LogP contribution in [-0.4, -0.2) is 46.8 Å². The van der Waals surface area contributed by atoms with Gasteiger partial charge in [0.05, 0.1) is 30.4 Å². The highest BCUT2D eigenvalue weighted by Crippen LogP contribution is 2.31. The molecule has 0 bridgehead atoms. The maximum atomic E-state index is 5.32. The van der Waals surface area contributed by atoms with Crippen LogP contribution in [0.1, 0.15) is 31.5 Å². The van der Waals surface area contributed by atoms with Gasteiger partial charge in [-0.15, -0.1) is 5.10 Å². The molecular formula is C19H20N8O. The molecule has 0 N–H and O–H groups in total. The molecule has 142 valence electrons. The molecule has 4 heterocycles. The van der Waals surface area contributed by atoms with E-state index in [2.05, 4.69) is 25.3 Å². The molecule has 9 nitrogen and oxygen atoms in total. The van der Waals surface area contributed by atoms with E-state index in [-0.39, 0.29) is 6.04 Å². The first-order valence-corrected chi connectivity index (χ1v) is 9.31. The van der Waals surface area contributed by atoms with Crippen LogP contribution in [0.5, 0.6) is 5.75 Å². The first-order chi connectivity index (χ1) is 13.7. The number of pyridine rings is 1. The normalized spacial score (nSPS) is 15.1. The fourth-order valence-corrected chi connectivity index (χ4v) is 3.29. The standard InChI is InChI=1S/C19H20N8O/c1-12(17-10-26(25-23-17)9-13-3-4-13)27-19-15(8-20-11-22-19)18(24-27)16-7-14(28-2)5-6-21-16/h5-8,10-13H,3-4,9H2,1-2H3. The van der Waals surface area contributed by atoms with Gasteiger partial charge in [0, 0.05) is 25.0 Å². The molecule has 0 spiro atoms. The molecule has 1 aliphatic rings. The number of aromatic nitrogens is 8. The average molecular weight is 376 g/mol. The van der Waals surface area contributed by atoms with Crippen molar-refractivity contribution in [3.05, 3.63) is 42.7 Å². The van der Waals surface area contributed by atoms with Gasteiger partial charge in [-0.05, 0) is 31.7 Å². The molecule has 9 heteroatoms. The van der Waals surface area contributed by atoms with Crippen LogP contribution in [0.15, 0.2) is 37.1 Å². The fraction of sp³-hybridized carbons (Fsp3) is 0.368. The lowest BCUT2D eigenvalue weighted by molar-refractivity contribution is 0.414. The molecule has 1 aliphatic carbocycles. The van der Waals surface area contributed by atoms with Gasteiger partial charge in [-0.1, -0.05) is 5.21 Å². The van der Waals surface area contributed by atoms with Gasteiger partial charge in [0.15, 0.2) is 5.65 Å². The van der Waals surface area contributed by atoms with Crippen LogP contribution >= 0.6 is 0 Å². The summed E-state index contributed by atoms with van der Waals surface area (Å²) in [5, 5.41) is 14.3. The van der Waals surface area contributed by atoms with Gasteiger partial charge in [-0.25, -0.2) is 14.6 Å². The molecule has 0 saturated heterocycles. The molecule has 4 aromatic heterocycles. The van der Waals surface area contributed by atoms with Crippen molar-refractivity contribution in [3.63, 3.8) is 0 Å². The number of hydrogen-bond donors (Lipinski definition) is 0.